The van der Waals surface area contributed by atoms with Gasteiger partial charge in [-0.3, -0.25) is 4.79 Å². The zero-order chi connectivity index (χ0) is 23.9. The van der Waals surface area contributed by atoms with Gasteiger partial charge in [-0.25, -0.2) is 4.79 Å². The van der Waals surface area contributed by atoms with Gasteiger partial charge in [-0.1, -0.05) is 54.6 Å². The molecular formula is C27H25NO6. The summed E-state index contributed by atoms with van der Waals surface area (Å²) in [6, 6.07) is 21.7. The first-order valence-corrected chi connectivity index (χ1v) is 10.8. The molecule has 1 aliphatic rings. The molecule has 1 atom stereocenters. The van der Waals surface area contributed by atoms with E-state index in [1.54, 1.807) is 19.3 Å². The van der Waals surface area contributed by atoms with Gasteiger partial charge in [0.1, 0.15) is 5.75 Å². The van der Waals surface area contributed by atoms with Crippen LogP contribution in [0.25, 0.3) is 11.6 Å². The standard InChI is InChI=1S/C27H25NO6/c1-18(20-12-13-24-25(15-20)34-17-33-24)28-26(29)16-32-27(30)22(19-8-4-3-5-9-19)14-21-10-6-7-11-23(21)31-2/h3-15,18H,16-17H2,1-2H3,(H,28,29)/b22-14+. The highest BCUT2D eigenvalue weighted by atomic mass is 16.7. The maximum absolute atomic E-state index is 13.0. The Morgan fingerprint density at radius 1 is 1.00 bits per heavy atom. The van der Waals surface area contributed by atoms with Gasteiger partial charge in [0.2, 0.25) is 6.79 Å². The van der Waals surface area contributed by atoms with Crippen molar-refractivity contribution in [2.45, 2.75) is 13.0 Å². The van der Waals surface area contributed by atoms with Crippen LogP contribution in [0.3, 0.4) is 0 Å². The molecule has 7 heteroatoms. The summed E-state index contributed by atoms with van der Waals surface area (Å²) in [4.78, 5) is 25.5. The SMILES string of the molecule is COc1ccccc1/C=C(/C(=O)OCC(=O)NC(C)c1ccc2c(c1)OCO2)c1ccccc1. The van der Waals surface area contributed by atoms with Crippen molar-refractivity contribution in [1.82, 2.24) is 5.32 Å². The molecule has 1 aliphatic heterocycles. The molecule has 1 N–H and O–H groups in total. The van der Waals surface area contributed by atoms with Crippen LogP contribution < -0.4 is 19.5 Å². The molecule has 1 amide bonds. The second-order valence-electron chi connectivity index (χ2n) is 7.64. The number of hydrogen-bond acceptors (Lipinski definition) is 6. The van der Waals surface area contributed by atoms with Crippen LogP contribution in [0, 0.1) is 0 Å². The number of benzene rings is 3. The third-order valence-corrected chi connectivity index (χ3v) is 5.35. The van der Waals surface area contributed by atoms with Crippen molar-refractivity contribution in [3.05, 3.63) is 89.5 Å². The Kier molecular flexibility index (Phi) is 7.13. The third kappa shape index (κ3) is 5.38. The van der Waals surface area contributed by atoms with E-state index >= 15 is 0 Å². The second kappa shape index (κ2) is 10.6. The maximum atomic E-state index is 13.0. The van der Waals surface area contributed by atoms with E-state index in [1.165, 1.54) is 0 Å². The zero-order valence-corrected chi connectivity index (χ0v) is 18.9. The van der Waals surface area contributed by atoms with Crippen LogP contribution in [0.5, 0.6) is 17.2 Å². The summed E-state index contributed by atoms with van der Waals surface area (Å²) in [6.07, 6.45) is 1.70. The minimum atomic E-state index is -0.608. The third-order valence-electron chi connectivity index (χ3n) is 5.35. The van der Waals surface area contributed by atoms with Gasteiger partial charge in [-0.05, 0) is 42.3 Å². The smallest absolute Gasteiger partial charge is 0.339 e. The van der Waals surface area contributed by atoms with Crippen molar-refractivity contribution in [3.8, 4) is 17.2 Å². The van der Waals surface area contributed by atoms with E-state index in [2.05, 4.69) is 5.32 Å². The van der Waals surface area contributed by atoms with Gasteiger partial charge < -0.3 is 24.3 Å². The fraction of sp³-hybridized carbons (Fsp3) is 0.185. The number of methoxy groups -OCH3 is 1. The monoisotopic (exact) mass is 459 g/mol. The second-order valence-corrected chi connectivity index (χ2v) is 7.64. The van der Waals surface area contributed by atoms with Gasteiger partial charge >= 0.3 is 5.97 Å². The molecule has 1 heterocycles. The Hall–Kier alpha value is -4.26. The number of para-hydroxylation sites is 1. The molecule has 0 bridgehead atoms. The summed E-state index contributed by atoms with van der Waals surface area (Å²) >= 11 is 0. The largest absolute Gasteiger partial charge is 0.496 e. The van der Waals surface area contributed by atoms with Gasteiger partial charge in [0, 0.05) is 5.56 Å². The van der Waals surface area contributed by atoms with Crippen LogP contribution >= 0.6 is 0 Å². The Bertz CT molecular complexity index is 1200. The minimum absolute atomic E-state index is 0.182. The van der Waals surface area contributed by atoms with E-state index in [0.29, 0.717) is 28.4 Å². The predicted molar refractivity (Wildman–Crippen MR) is 127 cm³/mol. The molecule has 3 aromatic carbocycles. The van der Waals surface area contributed by atoms with Crippen LogP contribution in [0.4, 0.5) is 0 Å². The van der Waals surface area contributed by atoms with Crippen molar-refractivity contribution in [2.75, 3.05) is 20.5 Å². The van der Waals surface area contributed by atoms with Gasteiger partial charge in [0.25, 0.3) is 5.91 Å². The van der Waals surface area contributed by atoms with Crippen LogP contribution in [-0.4, -0.2) is 32.4 Å². The topological polar surface area (TPSA) is 83.1 Å². The van der Waals surface area contributed by atoms with Gasteiger partial charge in [-0.2, -0.15) is 0 Å². The zero-order valence-electron chi connectivity index (χ0n) is 18.9. The quantitative estimate of drug-likeness (QED) is 0.306. The van der Waals surface area contributed by atoms with Crippen LogP contribution in [0.1, 0.15) is 29.7 Å². The summed E-state index contributed by atoms with van der Waals surface area (Å²) in [5, 5.41) is 2.84. The highest BCUT2D eigenvalue weighted by Crippen LogP contribution is 2.34. The molecule has 7 nitrogen and oxygen atoms in total. The van der Waals surface area contributed by atoms with Crippen molar-refractivity contribution >= 4 is 23.5 Å². The lowest BCUT2D eigenvalue weighted by Gasteiger charge is -2.15. The molecule has 0 aliphatic carbocycles. The van der Waals surface area contributed by atoms with E-state index < -0.39 is 18.5 Å². The number of hydrogen-bond donors (Lipinski definition) is 1. The Balaban J connectivity index is 1.44. The molecule has 34 heavy (non-hydrogen) atoms. The normalized spacial score (nSPS) is 13.2. The summed E-state index contributed by atoms with van der Waals surface area (Å²) in [5.74, 6) is 0.913. The molecule has 0 saturated carbocycles. The minimum Gasteiger partial charge on any atom is -0.496 e. The molecule has 0 aromatic heterocycles. The average molecular weight is 459 g/mol. The predicted octanol–water partition coefficient (Wildman–Crippen LogP) is 4.39. The summed E-state index contributed by atoms with van der Waals surface area (Å²) < 4.78 is 21.5. The van der Waals surface area contributed by atoms with Crippen LogP contribution in [0.2, 0.25) is 0 Å². The van der Waals surface area contributed by atoms with Crippen LogP contribution in [0.15, 0.2) is 72.8 Å². The molecule has 0 radical (unpaired) electrons. The van der Waals surface area contributed by atoms with Gasteiger partial charge in [-0.15, -0.1) is 0 Å². The van der Waals surface area contributed by atoms with Crippen molar-refractivity contribution in [2.24, 2.45) is 0 Å². The summed E-state index contributed by atoms with van der Waals surface area (Å²) in [7, 11) is 1.57. The molecule has 0 spiro atoms. The number of carbonyl (C=O) groups excluding carboxylic acids is 2. The van der Waals surface area contributed by atoms with Crippen molar-refractivity contribution in [1.29, 1.82) is 0 Å². The molecule has 0 saturated heterocycles. The number of esters is 1. The highest BCUT2D eigenvalue weighted by molar-refractivity contribution is 6.22. The average Bonchev–Trinajstić information content (AvgIpc) is 3.34. The van der Waals surface area contributed by atoms with E-state index in [9.17, 15) is 9.59 Å². The lowest BCUT2D eigenvalue weighted by molar-refractivity contribution is -0.143. The van der Waals surface area contributed by atoms with Gasteiger partial charge in [0.15, 0.2) is 18.1 Å². The van der Waals surface area contributed by atoms with E-state index in [-0.39, 0.29) is 12.8 Å². The number of rotatable bonds is 8. The molecule has 0 fully saturated rings. The lowest BCUT2D eigenvalue weighted by Crippen LogP contribution is -2.31. The summed E-state index contributed by atoms with van der Waals surface area (Å²) in [6.45, 7) is 1.61. The van der Waals surface area contributed by atoms with E-state index in [0.717, 1.165) is 11.1 Å². The first kappa shape index (κ1) is 22.9. The fourth-order valence-corrected chi connectivity index (χ4v) is 3.58. The number of carbonyl (C=O) groups is 2. The number of amides is 1. The number of nitrogens with one attached hydrogen (secondary N) is 1. The van der Waals surface area contributed by atoms with Gasteiger partial charge in [0.05, 0.1) is 18.7 Å². The Labute approximate surface area is 197 Å². The molecule has 3 aromatic rings. The number of ether oxygens (including phenoxy) is 4. The maximum Gasteiger partial charge on any atom is 0.339 e. The van der Waals surface area contributed by atoms with Crippen molar-refractivity contribution in [3.63, 3.8) is 0 Å². The summed E-state index contributed by atoms with van der Waals surface area (Å²) in [5.41, 5.74) is 2.57. The molecular weight excluding hydrogens is 434 g/mol. The first-order valence-electron chi connectivity index (χ1n) is 10.8. The first-order chi connectivity index (χ1) is 16.5. The molecule has 174 valence electrons. The Morgan fingerprint density at radius 3 is 2.53 bits per heavy atom. The van der Waals surface area contributed by atoms with E-state index in [1.807, 2.05) is 73.7 Å². The fourth-order valence-electron chi connectivity index (χ4n) is 3.58. The van der Waals surface area contributed by atoms with E-state index in [4.69, 9.17) is 18.9 Å². The molecule has 4 rings (SSSR count). The lowest BCUT2D eigenvalue weighted by atomic mass is 10.0. The number of fused-ring (bicyclic) bond motifs is 1. The highest BCUT2D eigenvalue weighted by Gasteiger charge is 2.19. The molecule has 1 unspecified atom stereocenters. The Morgan fingerprint density at radius 2 is 1.74 bits per heavy atom. The van der Waals surface area contributed by atoms with Crippen molar-refractivity contribution < 1.29 is 28.5 Å². The van der Waals surface area contributed by atoms with Crippen LogP contribution in [-0.2, 0) is 14.3 Å².